The maximum atomic E-state index is 12.9. The van der Waals surface area contributed by atoms with E-state index in [1.54, 1.807) is 25.1 Å². The van der Waals surface area contributed by atoms with Crippen molar-refractivity contribution >= 4 is 17.5 Å². The average Bonchev–Trinajstić information content (AvgIpc) is 2.53. The zero-order valence-corrected chi connectivity index (χ0v) is 14.1. The van der Waals surface area contributed by atoms with E-state index in [0.717, 1.165) is 13.0 Å². The van der Waals surface area contributed by atoms with Gasteiger partial charge in [-0.3, -0.25) is 4.79 Å². The second-order valence-electron chi connectivity index (χ2n) is 5.76. The first-order chi connectivity index (χ1) is 11.4. The number of aromatic nitrogens is 2. The molecule has 0 spiro atoms. The van der Waals surface area contributed by atoms with Gasteiger partial charge in [0.25, 0.3) is 5.91 Å². The summed E-state index contributed by atoms with van der Waals surface area (Å²) in [5.74, 6) is -0.245. The van der Waals surface area contributed by atoms with Crippen LogP contribution in [0.3, 0.4) is 0 Å². The monoisotopic (exact) mass is 331 g/mol. The van der Waals surface area contributed by atoms with Crippen molar-refractivity contribution in [3.05, 3.63) is 47.5 Å². The summed E-state index contributed by atoms with van der Waals surface area (Å²) in [6.45, 7) is 3.28. The fraction of sp³-hybridized carbons (Fsp3) is 0.353. The molecule has 7 heteroatoms. The lowest BCUT2D eigenvalue weighted by Gasteiger charge is -2.11. The van der Waals surface area contributed by atoms with Gasteiger partial charge in [-0.1, -0.05) is 0 Å². The zero-order chi connectivity index (χ0) is 17.5. The Morgan fingerprint density at radius 1 is 1.21 bits per heavy atom. The number of anilines is 2. The van der Waals surface area contributed by atoms with Crippen molar-refractivity contribution in [2.24, 2.45) is 0 Å². The summed E-state index contributed by atoms with van der Waals surface area (Å²) >= 11 is 0. The van der Waals surface area contributed by atoms with E-state index in [1.807, 2.05) is 14.1 Å². The second-order valence-corrected chi connectivity index (χ2v) is 5.76. The molecule has 0 saturated carbocycles. The number of amides is 1. The first-order valence-electron chi connectivity index (χ1n) is 7.75. The Morgan fingerprint density at radius 3 is 2.58 bits per heavy atom. The Kier molecular flexibility index (Phi) is 6.20. The summed E-state index contributed by atoms with van der Waals surface area (Å²) in [4.78, 5) is 22.7. The molecule has 1 amide bonds. The van der Waals surface area contributed by atoms with E-state index in [-0.39, 0.29) is 11.7 Å². The molecule has 0 aliphatic rings. The average molecular weight is 331 g/mol. The highest BCUT2D eigenvalue weighted by molar-refractivity contribution is 5.92. The predicted molar refractivity (Wildman–Crippen MR) is 92.0 cm³/mol. The topological polar surface area (TPSA) is 70.2 Å². The van der Waals surface area contributed by atoms with Gasteiger partial charge in [-0.2, -0.15) is 0 Å². The van der Waals surface area contributed by atoms with Gasteiger partial charge in [-0.05, 0) is 64.3 Å². The third-order valence-electron chi connectivity index (χ3n) is 3.25. The van der Waals surface area contributed by atoms with Crippen LogP contribution in [-0.2, 0) is 0 Å². The summed E-state index contributed by atoms with van der Waals surface area (Å²) in [5, 5.41) is 5.82. The van der Waals surface area contributed by atoms with Crippen LogP contribution >= 0.6 is 0 Å². The van der Waals surface area contributed by atoms with Gasteiger partial charge in [0.2, 0.25) is 5.95 Å². The van der Waals surface area contributed by atoms with Crippen molar-refractivity contribution in [1.29, 1.82) is 0 Å². The Bertz CT molecular complexity index is 688. The predicted octanol–water partition coefficient (Wildman–Crippen LogP) is 2.35. The van der Waals surface area contributed by atoms with Crippen molar-refractivity contribution < 1.29 is 9.18 Å². The molecule has 0 fully saturated rings. The highest BCUT2D eigenvalue weighted by atomic mass is 19.1. The Morgan fingerprint density at radius 2 is 1.92 bits per heavy atom. The molecule has 0 saturated heterocycles. The molecule has 0 aliphatic carbocycles. The standard InChI is InChI=1S/C17H22FN5O/c1-12-11-15(16(24)19-9-4-10-23(2)3)22-17(20-12)21-14-7-5-13(18)6-8-14/h5-8,11H,4,9-10H2,1-3H3,(H,19,24)(H,20,21,22). The molecule has 2 N–H and O–H groups in total. The Hall–Kier alpha value is -2.54. The molecule has 0 aliphatic heterocycles. The molecule has 0 radical (unpaired) electrons. The van der Waals surface area contributed by atoms with Crippen LogP contribution in [-0.4, -0.2) is 48.0 Å². The van der Waals surface area contributed by atoms with E-state index in [4.69, 9.17) is 0 Å². The summed E-state index contributed by atoms with van der Waals surface area (Å²) < 4.78 is 12.9. The van der Waals surface area contributed by atoms with Gasteiger partial charge in [0.1, 0.15) is 11.5 Å². The number of aryl methyl sites for hydroxylation is 1. The first-order valence-corrected chi connectivity index (χ1v) is 7.75. The van der Waals surface area contributed by atoms with Crippen LogP contribution in [0.1, 0.15) is 22.6 Å². The van der Waals surface area contributed by atoms with Crippen molar-refractivity contribution in [1.82, 2.24) is 20.2 Å². The highest BCUT2D eigenvalue weighted by Gasteiger charge is 2.10. The van der Waals surface area contributed by atoms with E-state index < -0.39 is 0 Å². The number of hydrogen-bond acceptors (Lipinski definition) is 5. The molecule has 128 valence electrons. The maximum absolute atomic E-state index is 12.9. The van der Waals surface area contributed by atoms with Crippen LogP contribution in [0, 0.1) is 12.7 Å². The van der Waals surface area contributed by atoms with E-state index in [2.05, 4.69) is 25.5 Å². The number of rotatable bonds is 7. The van der Waals surface area contributed by atoms with Gasteiger partial charge in [0.05, 0.1) is 0 Å². The molecule has 2 aromatic rings. The normalized spacial score (nSPS) is 10.7. The lowest BCUT2D eigenvalue weighted by Crippen LogP contribution is -2.28. The molecule has 1 aromatic heterocycles. The molecule has 0 atom stereocenters. The molecule has 24 heavy (non-hydrogen) atoms. The molecular formula is C17H22FN5O. The number of carbonyl (C=O) groups is 1. The minimum absolute atomic E-state index is 0.235. The van der Waals surface area contributed by atoms with Gasteiger partial charge in [0, 0.05) is 17.9 Å². The van der Waals surface area contributed by atoms with E-state index in [1.165, 1.54) is 12.1 Å². The molecular weight excluding hydrogens is 309 g/mol. The summed E-state index contributed by atoms with van der Waals surface area (Å²) in [7, 11) is 3.98. The Labute approximate surface area is 141 Å². The molecule has 2 rings (SSSR count). The summed E-state index contributed by atoms with van der Waals surface area (Å²) in [6.07, 6.45) is 0.865. The quantitative estimate of drug-likeness (QED) is 0.762. The number of nitrogens with one attached hydrogen (secondary N) is 2. The highest BCUT2D eigenvalue weighted by Crippen LogP contribution is 2.14. The van der Waals surface area contributed by atoms with Crippen LogP contribution in [0.25, 0.3) is 0 Å². The zero-order valence-electron chi connectivity index (χ0n) is 14.1. The maximum Gasteiger partial charge on any atom is 0.270 e. The molecule has 0 unspecified atom stereocenters. The SMILES string of the molecule is Cc1cc(C(=O)NCCCN(C)C)nc(Nc2ccc(F)cc2)n1. The molecule has 0 bridgehead atoms. The third-order valence-corrected chi connectivity index (χ3v) is 3.25. The van der Waals surface area contributed by atoms with Crippen LogP contribution in [0.15, 0.2) is 30.3 Å². The fourth-order valence-corrected chi connectivity index (χ4v) is 2.09. The lowest BCUT2D eigenvalue weighted by atomic mass is 10.3. The summed E-state index contributed by atoms with van der Waals surface area (Å²) in [6, 6.07) is 7.49. The van der Waals surface area contributed by atoms with E-state index in [9.17, 15) is 9.18 Å². The van der Waals surface area contributed by atoms with Crippen LogP contribution < -0.4 is 10.6 Å². The van der Waals surface area contributed by atoms with E-state index >= 15 is 0 Å². The minimum atomic E-state index is -0.316. The number of benzene rings is 1. The fourth-order valence-electron chi connectivity index (χ4n) is 2.09. The van der Waals surface area contributed by atoms with Gasteiger partial charge in [0.15, 0.2) is 0 Å². The number of carbonyl (C=O) groups excluding carboxylic acids is 1. The van der Waals surface area contributed by atoms with Gasteiger partial charge in [-0.15, -0.1) is 0 Å². The number of halogens is 1. The van der Waals surface area contributed by atoms with Crippen LogP contribution in [0.2, 0.25) is 0 Å². The van der Waals surface area contributed by atoms with Gasteiger partial charge < -0.3 is 15.5 Å². The summed E-state index contributed by atoms with van der Waals surface area (Å²) in [5.41, 5.74) is 1.63. The number of nitrogens with zero attached hydrogens (tertiary/aromatic N) is 3. The Balaban J connectivity index is 2.02. The van der Waals surface area contributed by atoms with Crippen molar-refractivity contribution in [3.8, 4) is 0 Å². The van der Waals surface area contributed by atoms with Crippen molar-refractivity contribution in [3.63, 3.8) is 0 Å². The third kappa shape index (κ3) is 5.58. The second kappa shape index (κ2) is 8.35. The van der Waals surface area contributed by atoms with Gasteiger partial charge >= 0.3 is 0 Å². The minimum Gasteiger partial charge on any atom is -0.351 e. The van der Waals surface area contributed by atoms with Crippen molar-refractivity contribution in [2.45, 2.75) is 13.3 Å². The largest absolute Gasteiger partial charge is 0.351 e. The lowest BCUT2D eigenvalue weighted by molar-refractivity contribution is 0.0947. The number of hydrogen-bond donors (Lipinski definition) is 2. The smallest absolute Gasteiger partial charge is 0.270 e. The van der Waals surface area contributed by atoms with Crippen molar-refractivity contribution in [2.75, 3.05) is 32.5 Å². The molecule has 1 heterocycles. The van der Waals surface area contributed by atoms with Crippen LogP contribution in [0.5, 0.6) is 0 Å². The molecule has 6 nitrogen and oxygen atoms in total. The van der Waals surface area contributed by atoms with Crippen LogP contribution in [0.4, 0.5) is 16.0 Å². The first kappa shape index (κ1) is 17.8. The van der Waals surface area contributed by atoms with Gasteiger partial charge in [-0.25, -0.2) is 14.4 Å². The van der Waals surface area contributed by atoms with E-state index in [0.29, 0.717) is 29.6 Å². The molecule has 1 aromatic carbocycles.